The standard InChI is InChI=1S/C27H25ClN4O2S/c1-19-9-11-20(12-10-19)25-29-30-27(32(25)23-7-4-6-22(28)17-23)35-18-21-5-2-3-8-24(21)26(33)31-13-15-34-16-14-31/h2-12,17H,13-16,18H2,1H3. The zero-order valence-electron chi connectivity index (χ0n) is 19.4. The summed E-state index contributed by atoms with van der Waals surface area (Å²) in [5.74, 6) is 1.37. The molecule has 6 nitrogen and oxygen atoms in total. The van der Waals surface area contributed by atoms with Crippen molar-refractivity contribution in [2.75, 3.05) is 26.3 Å². The van der Waals surface area contributed by atoms with Gasteiger partial charge in [0.05, 0.1) is 18.9 Å². The topological polar surface area (TPSA) is 60.3 Å². The van der Waals surface area contributed by atoms with Crippen LogP contribution in [0.25, 0.3) is 17.1 Å². The molecule has 0 unspecified atom stereocenters. The van der Waals surface area contributed by atoms with Crippen LogP contribution in [0.4, 0.5) is 0 Å². The summed E-state index contributed by atoms with van der Waals surface area (Å²) in [6.45, 7) is 4.44. The van der Waals surface area contributed by atoms with Crippen LogP contribution in [0.15, 0.2) is 78.0 Å². The van der Waals surface area contributed by atoms with E-state index >= 15 is 0 Å². The Morgan fingerprint density at radius 2 is 1.77 bits per heavy atom. The molecule has 0 radical (unpaired) electrons. The van der Waals surface area contributed by atoms with Crippen LogP contribution in [-0.2, 0) is 10.5 Å². The lowest BCUT2D eigenvalue weighted by atomic mass is 10.1. The van der Waals surface area contributed by atoms with Gasteiger partial charge < -0.3 is 9.64 Å². The van der Waals surface area contributed by atoms with Crippen LogP contribution in [-0.4, -0.2) is 51.9 Å². The average Bonchev–Trinajstić information content (AvgIpc) is 3.32. The fourth-order valence-corrected chi connectivity index (χ4v) is 5.18. The number of hydrogen-bond donors (Lipinski definition) is 0. The summed E-state index contributed by atoms with van der Waals surface area (Å²) in [7, 11) is 0. The van der Waals surface area contributed by atoms with E-state index in [-0.39, 0.29) is 5.91 Å². The molecule has 1 saturated heterocycles. The molecule has 2 heterocycles. The van der Waals surface area contributed by atoms with E-state index in [4.69, 9.17) is 16.3 Å². The van der Waals surface area contributed by atoms with Crippen molar-refractivity contribution in [3.05, 3.63) is 94.5 Å². The van der Waals surface area contributed by atoms with E-state index in [0.29, 0.717) is 37.1 Å². The quantitative estimate of drug-likeness (QED) is 0.317. The number of rotatable bonds is 6. The Hall–Kier alpha value is -3.13. The maximum Gasteiger partial charge on any atom is 0.254 e. The van der Waals surface area contributed by atoms with Gasteiger partial charge in [-0.1, -0.05) is 77.5 Å². The summed E-state index contributed by atoms with van der Waals surface area (Å²) in [6.07, 6.45) is 0. The minimum Gasteiger partial charge on any atom is -0.378 e. The predicted molar refractivity (Wildman–Crippen MR) is 139 cm³/mol. The van der Waals surface area contributed by atoms with Crippen LogP contribution in [0.1, 0.15) is 21.5 Å². The average molecular weight is 505 g/mol. The maximum absolute atomic E-state index is 13.2. The minimum absolute atomic E-state index is 0.0427. The maximum atomic E-state index is 13.2. The van der Waals surface area contributed by atoms with Crippen molar-refractivity contribution < 1.29 is 9.53 Å². The number of carbonyl (C=O) groups is 1. The van der Waals surface area contributed by atoms with Crippen molar-refractivity contribution in [1.82, 2.24) is 19.7 Å². The van der Waals surface area contributed by atoms with Gasteiger partial charge >= 0.3 is 0 Å². The van der Waals surface area contributed by atoms with E-state index in [1.807, 2.05) is 70.1 Å². The number of hydrogen-bond acceptors (Lipinski definition) is 5. The van der Waals surface area contributed by atoms with Gasteiger partial charge in [-0.3, -0.25) is 9.36 Å². The van der Waals surface area contributed by atoms with Crippen molar-refractivity contribution in [3.63, 3.8) is 0 Å². The smallest absolute Gasteiger partial charge is 0.254 e. The Labute approximate surface area is 213 Å². The molecular weight excluding hydrogens is 480 g/mol. The molecule has 0 atom stereocenters. The zero-order chi connectivity index (χ0) is 24.2. The van der Waals surface area contributed by atoms with Gasteiger partial charge in [0.15, 0.2) is 11.0 Å². The number of ether oxygens (including phenoxy) is 1. The summed E-state index contributed by atoms with van der Waals surface area (Å²) in [5.41, 5.74) is 4.72. The number of aryl methyl sites for hydroxylation is 1. The lowest BCUT2D eigenvalue weighted by molar-refractivity contribution is 0.0302. The summed E-state index contributed by atoms with van der Waals surface area (Å²) in [5, 5.41) is 10.4. The molecule has 3 aromatic carbocycles. The molecule has 1 aliphatic heterocycles. The molecule has 0 saturated carbocycles. The molecule has 35 heavy (non-hydrogen) atoms. The first-order valence-electron chi connectivity index (χ1n) is 11.5. The Kier molecular flexibility index (Phi) is 7.18. The summed E-state index contributed by atoms with van der Waals surface area (Å²) in [6, 6.07) is 23.7. The second kappa shape index (κ2) is 10.6. The second-order valence-corrected chi connectivity index (χ2v) is 9.72. The van der Waals surface area contributed by atoms with E-state index in [9.17, 15) is 4.79 Å². The highest BCUT2D eigenvalue weighted by molar-refractivity contribution is 7.98. The van der Waals surface area contributed by atoms with Crippen molar-refractivity contribution in [2.24, 2.45) is 0 Å². The molecule has 0 aliphatic carbocycles. The molecule has 1 aliphatic rings. The zero-order valence-corrected chi connectivity index (χ0v) is 20.9. The van der Waals surface area contributed by atoms with E-state index in [0.717, 1.165) is 33.4 Å². The molecule has 4 aromatic rings. The van der Waals surface area contributed by atoms with Crippen LogP contribution < -0.4 is 0 Å². The fourth-order valence-electron chi connectivity index (χ4n) is 4.03. The minimum atomic E-state index is 0.0427. The number of amides is 1. The highest BCUT2D eigenvalue weighted by Gasteiger charge is 2.22. The Morgan fingerprint density at radius 1 is 1.00 bits per heavy atom. The summed E-state index contributed by atoms with van der Waals surface area (Å²) in [4.78, 5) is 15.0. The normalized spacial score (nSPS) is 13.7. The fraction of sp³-hybridized carbons (Fsp3) is 0.222. The van der Waals surface area contributed by atoms with Crippen molar-refractivity contribution in [1.29, 1.82) is 0 Å². The Balaban J connectivity index is 1.47. The first-order chi connectivity index (χ1) is 17.1. The number of morpholine rings is 1. The highest BCUT2D eigenvalue weighted by Crippen LogP contribution is 2.31. The van der Waals surface area contributed by atoms with Gasteiger partial charge in [0.2, 0.25) is 0 Å². The molecule has 1 fully saturated rings. The van der Waals surface area contributed by atoms with Gasteiger partial charge in [-0.25, -0.2) is 0 Å². The molecule has 0 bridgehead atoms. The van der Waals surface area contributed by atoms with Crippen LogP contribution in [0.5, 0.6) is 0 Å². The Morgan fingerprint density at radius 3 is 2.54 bits per heavy atom. The van der Waals surface area contributed by atoms with Crippen LogP contribution >= 0.6 is 23.4 Å². The number of halogens is 1. The number of nitrogens with zero attached hydrogens (tertiary/aromatic N) is 4. The molecule has 178 valence electrons. The van der Waals surface area contributed by atoms with Gasteiger partial charge in [0.1, 0.15) is 0 Å². The van der Waals surface area contributed by atoms with Crippen molar-refractivity contribution in [3.8, 4) is 17.1 Å². The monoisotopic (exact) mass is 504 g/mol. The Bertz CT molecular complexity index is 1330. The third-order valence-electron chi connectivity index (χ3n) is 5.91. The molecule has 1 amide bonds. The third kappa shape index (κ3) is 5.27. The molecule has 0 N–H and O–H groups in total. The van der Waals surface area contributed by atoms with Gasteiger partial charge in [-0.2, -0.15) is 0 Å². The SMILES string of the molecule is Cc1ccc(-c2nnc(SCc3ccccc3C(=O)N3CCOCC3)n2-c2cccc(Cl)c2)cc1. The third-order valence-corrected chi connectivity index (χ3v) is 7.13. The molecule has 0 spiro atoms. The molecule has 1 aromatic heterocycles. The van der Waals surface area contributed by atoms with Crippen molar-refractivity contribution >= 4 is 29.3 Å². The lowest BCUT2D eigenvalue weighted by Gasteiger charge is -2.27. The number of aromatic nitrogens is 3. The lowest BCUT2D eigenvalue weighted by Crippen LogP contribution is -2.41. The van der Waals surface area contributed by atoms with Gasteiger partial charge in [0, 0.05) is 35.0 Å². The van der Waals surface area contributed by atoms with E-state index in [2.05, 4.69) is 29.3 Å². The second-order valence-electron chi connectivity index (χ2n) is 8.34. The largest absolute Gasteiger partial charge is 0.378 e. The van der Waals surface area contributed by atoms with Gasteiger partial charge in [0.25, 0.3) is 5.91 Å². The van der Waals surface area contributed by atoms with Gasteiger partial charge in [-0.15, -0.1) is 10.2 Å². The first-order valence-corrected chi connectivity index (χ1v) is 12.8. The van der Waals surface area contributed by atoms with Crippen LogP contribution in [0.3, 0.4) is 0 Å². The van der Waals surface area contributed by atoms with Crippen LogP contribution in [0.2, 0.25) is 5.02 Å². The summed E-state index contributed by atoms with van der Waals surface area (Å²) < 4.78 is 7.43. The molecule has 8 heteroatoms. The molecule has 5 rings (SSSR count). The van der Waals surface area contributed by atoms with E-state index in [1.54, 1.807) is 11.8 Å². The summed E-state index contributed by atoms with van der Waals surface area (Å²) >= 11 is 7.87. The number of benzene rings is 3. The molecular formula is C27H25ClN4O2S. The van der Waals surface area contributed by atoms with E-state index < -0.39 is 0 Å². The van der Waals surface area contributed by atoms with Crippen LogP contribution in [0, 0.1) is 6.92 Å². The van der Waals surface area contributed by atoms with Gasteiger partial charge in [-0.05, 0) is 36.8 Å². The van der Waals surface area contributed by atoms with E-state index in [1.165, 1.54) is 5.56 Å². The predicted octanol–water partition coefficient (Wildman–Crippen LogP) is 5.66. The number of carbonyl (C=O) groups excluding carboxylic acids is 1. The highest BCUT2D eigenvalue weighted by atomic mass is 35.5. The number of thioether (sulfide) groups is 1. The first kappa shape index (κ1) is 23.6. The van der Waals surface area contributed by atoms with Crippen molar-refractivity contribution in [2.45, 2.75) is 17.8 Å².